The summed E-state index contributed by atoms with van der Waals surface area (Å²) >= 11 is 0. The Morgan fingerprint density at radius 3 is 2.61 bits per heavy atom. The number of hydrogen-bond acceptors (Lipinski definition) is 13. The second-order valence-electron chi connectivity index (χ2n) is 14.3. The normalized spacial score (nSPS) is 22.9. The summed E-state index contributed by atoms with van der Waals surface area (Å²) < 4.78 is 29.0. The number of piperazine rings is 1. The molecule has 3 fully saturated rings. The van der Waals surface area contributed by atoms with E-state index in [0.717, 1.165) is 42.7 Å². The minimum Gasteiger partial charge on any atom is -0.489 e. The third kappa shape index (κ3) is 7.83. The van der Waals surface area contributed by atoms with Crippen LogP contribution >= 0.6 is 7.82 Å². The van der Waals surface area contributed by atoms with Crippen LogP contribution in [0.2, 0.25) is 0 Å². The topological polar surface area (TPSA) is 230 Å². The van der Waals surface area contributed by atoms with E-state index in [2.05, 4.69) is 41.0 Å². The standard InChI is InChI=1S/C37H42N9O9P/c38-36-31(18-28(41-42-36)27-4-1-2-7-32(27)54-22-55-56(50,51)52)46-20-25(19-39-46)44-15-14-43(21-34(44)48)24-10-8-23(9-11-24)26-5-3-6-29-35(26)53-17-16-45(29)30-12-13-33(47)40-37(30)49/h1-7,18-20,23-24,30H,8-17,21-22H2,(H2,38,42)(H,40,47,49)(H2,50,51,52)/p+1. The maximum atomic E-state index is 13.6. The largest absolute Gasteiger partial charge is 0.634 e. The first-order chi connectivity index (χ1) is 27.0. The molecule has 2 unspecified atom stereocenters. The van der Waals surface area contributed by atoms with Crippen molar-refractivity contribution in [2.75, 3.05) is 55.1 Å². The molecule has 0 radical (unpaired) electrons. The van der Waals surface area contributed by atoms with Gasteiger partial charge in [0, 0.05) is 31.1 Å². The molecular weight excluding hydrogens is 745 g/mol. The summed E-state index contributed by atoms with van der Waals surface area (Å²) in [6, 6.07) is 14.5. The lowest BCUT2D eigenvalue weighted by atomic mass is 9.80. The molecule has 2 saturated heterocycles. The van der Waals surface area contributed by atoms with Gasteiger partial charge in [0.2, 0.25) is 24.5 Å². The highest BCUT2D eigenvalue weighted by Gasteiger charge is 2.38. The average Bonchev–Trinajstić information content (AvgIpc) is 3.67. The number of nitrogens with zero attached hydrogens (tertiary/aromatic N) is 7. The van der Waals surface area contributed by atoms with E-state index in [9.17, 15) is 18.9 Å². The van der Waals surface area contributed by atoms with Gasteiger partial charge in [0.15, 0.2) is 5.82 Å². The highest BCUT2D eigenvalue weighted by atomic mass is 31.2. The molecule has 56 heavy (non-hydrogen) atoms. The third-order valence-electron chi connectivity index (χ3n) is 10.9. The minimum absolute atomic E-state index is 0.0214. The van der Waals surface area contributed by atoms with Gasteiger partial charge in [-0.2, -0.15) is 9.66 Å². The van der Waals surface area contributed by atoms with E-state index in [0.29, 0.717) is 74.2 Å². The van der Waals surface area contributed by atoms with Crippen LogP contribution in [0.25, 0.3) is 16.9 Å². The van der Waals surface area contributed by atoms with E-state index in [1.165, 1.54) is 4.68 Å². The van der Waals surface area contributed by atoms with E-state index in [1.54, 1.807) is 47.6 Å². The molecule has 3 amide bonds. The van der Waals surface area contributed by atoms with Crippen molar-refractivity contribution < 1.29 is 42.7 Å². The van der Waals surface area contributed by atoms with E-state index in [-0.39, 0.29) is 35.3 Å². The number of nitrogens with two attached hydrogens (primary N) is 1. The Hall–Kier alpha value is -5.39. The summed E-state index contributed by atoms with van der Waals surface area (Å²) in [6.45, 7) is 1.95. The molecule has 5 heterocycles. The van der Waals surface area contributed by atoms with Crippen LogP contribution in [-0.4, -0.2) is 104 Å². The monoisotopic (exact) mass is 788 g/mol. The molecule has 0 spiro atoms. The Labute approximate surface area is 321 Å². The number of nitrogen functional groups attached to an aromatic ring is 1. The molecule has 2 aromatic carbocycles. The molecule has 8 rings (SSSR count). The van der Waals surface area contributed by atoms with E-state index < -0.39 is 20.7 Å². The lowest BCUT2D eigenvalue weighted by molar-refractivity contribution is -0.134. The molecule has 0 bridgehead atoms. The molecule has 4 aromatic rings. The molecule has 2 atom stereocenters. The van der Waals surface area contributed by atoms with Crippen LogP contribution in [0, 0.1) is 0 Å². The lowest BCUT2D eigenvalue weighted by Crippen LogP contribution is -2.54. The summed E-state index contributed by atoms with van der Waals surface area (Å²) in [7, 11) is -4.48. The summed E-state index contributed by atoms with van der Waals surface area (Å²) in [4.78, 5) is 60.3. The first kappa shape index (κ1) is 37.5. The van der Waals surface area contributed by atoms with Gasteiger partial charge in [-0.25, -0.2) is 9.21 Å². The van der Waals surface area contributed by atoms with Crippen molar-refractivity contribution >= 4 is 42.7 Å². The van der Waals surface area contributed by atoms with Gasteiger partial charge in [0.1, 0.15) is 29.8 Å². The van der Waals surface area contributed by atoms with Gasteiger partial charge in [0.05, 0.1) is 42.6 Å². The molecule has 18 nitrogen and oxygen atoms in total. The maximum Gasteiger partial charge on any atom is 0.634 e. The van der Waals surface area contributed by atoms with Crippen molar-refractivity contribution in [3.63, 3.8) is 0 Å². The molecule has 3 aliphatic heterocycles. The number of fused-ring (bicyclic) bond motifs is 1. The fraction of sp³-hybridized carbons (Fsp3) is 0.405. The van der Waals surface area contributed by atoms with Crippen molar-refractivity contribution in [3.05, 3.63) is 66.5 Å². The van der Waals surface area contributed by atoms with Gasteiger partial charge < -0.3 is 29.9 Å². The van der Waals surface area contributed by atoms with E-state index in [1.807, 2.05) is 12.1 Å². The zero-order valence-electron chi connectivity index (χ0n) is 30.5. The van der Waals surface area contributed by atoms with Crippen LogP contribution in [0.4, 0.5) is 17.2 Å². The zero-order valence-corrected chi connectivity index (χ0v) is 31.3. The van der Waals surface area contributed by atoms with Crippen LogP contribution in [0.15, 0.2) is 60.9 Å². The number of imide groups is 1. The fourth-order valence-electron chi connectivity index (χ4n) is 8.20. The quantitative estimate of drug-likeness (QED) is 0.0908. The van der Waals surface area contributed by atoms with Gasteiger partial charge in [-0.3, -0.25) is 29.5 Å². The summed E-state index contributed by atoms with van der Waals surface area (Å²) in [5.74, 6) is 1.04. The number of hydrogen-bond donors (Lipinski definition) is 3. The molecule has 1 aliphatic carbocycles. The predicted molar refractivity (Wildman–Crippen MR) is 203 cm³/mol. The number of nitrogens with one attached hydrogen (secondary N) is 1. The third-order valence-corrected chi connectivity index (χ3v) is 11.4. The Morgan fingerprint density at radius 1 is 1.00 bits per heavy atom. The van der Waals surface area contributed by atoms with Gasteiger partial charge >= 0.3 is 7.82 Å². The molecule has 6 N–H and O–H groups in total. The zero-order chi connectivity index (χ0) is 39.0. The highest BCUT2D eigenvalue weighted by molar-refractivity contribution is 7.46. The van der Waals surface area contributed by atoms with Crippen molar-refractivity contribution in [1.29, 1.82) is 0 Å². The Kier molecular flexibility index (Phi) is 10.5. The SMILES string of the molecule is Nc1nnc(-c2ccccc2OCOP(=O)(O)[OH2+])cc1-n1cc(N2CCN(C3CCC(c4cccc5c4OCCN5C4CCC(=O)NC4=O)CC3)CC2=O)cn1. The Bertz CT molecular complexity index is 2190. The molecule has 2 aromatic heterocycles. The number of ether oxygens (including phenoxy) is 2. The van der Waals surface area contributed by atoms with Crippen LogP contribution < -0.4 is 30.3 Å². The number of anilines is 3. The van der Waals surface area contributed by atoms with E-state index >= 15 is 0 Å². The van der Waals surface area contributed by atoms with Gasteiger partial charge in [0.25, 0.3) is 0 Å². The second-order valence-corrected chi connectivity index (χ2v) is 15.6. The first-order valence-corrected chi connectivity index (χ1v) is 20.1. The average molecular weight is 789 g/mol. The van der Waals surface area contributed by atoms with Crippen LogP contribution in [0.3, 0.4) is 0 Å². The first-order valence-electron chi connectivity index (χ1n) is 18.6. The molecule has 1 saturated carbocycles. The molecular formula is C37H43N9O9P+. The summed E-state index contributed by atoms with van der Waals surface area (Å²) in [5.41, 5.74) is 10.2. The van der Waals surface area contributed by atoms with Gasteiger partial charge in [-0.05, 0) is 67.9 Å². The van der Waals surface area contributed by atoms with Crippen LogP contribution in [0.5, 0.6) is 11.5 Å². The van der Waals surface area contributed by atoms with Crippen molar-refractivity contribution in [2.24, 2.45) is 0 Å². The molecule has 294 valence electrons. The molecule has 4 aliphatic rings. The van der Waals surface area contributed by atoms with Crippen molar-refractivity contribution in [1.82, 2.24) is 30.2 Å². The smallest absolute Gasteiger partial charge is 0.489 e. The number of benzene rings is 2. The van der Waals surface area contributed by atoms with E-state index in [4.69, 9.17) is 25.0 Å². The number of carbonyl (C=O) groups excluding carboxylic acids is 3. The number of para-hydroxylation sites is 2. The Balaban J connectivity index is 0.895. The van der Waals surface area contributed by atoms with Gasteiger partial charge in [-0.1, -0.05) is 24.3 Å². The summed E-state index contributed by atoms with van der Waals surface area (Å²) in [5, 5.41) is 15.3. The highest BCUT2D eigenvalue weighted by Crippen LogP contribution is 2.45. The van der Waals surface area contributed by atoms with Gasteiger partial charge in [-0.15, -0.1) is 10.2 Å². The van der Waals surface area contributed by atoms with Crippen LogP contribution in [-0.2, 0) is 23.5 Å². The second kappa shape index (κ2) is 15.6. The van der Waals surface area contributed by atoms with Crippen molar-refractivity contribution in [3.8, 4) is 28.4 Å². The fourth-order valence-corrected chi connectivity index (χ4v) is 8.40. The summed E-state index contributed by atoms with van der Waals surface area (Å²) in [6.07, 6.45) is 7.95. The number of aromatic nitrogens is 4. The number of amides is 3. The Morgan fingerprint density at radius 2 is 1.82 bits per heavy atom. The minimum atomic E-state index is -4.48. The predicted octanol–water partition coefficient (Wildman–Crippen LogP) is 2.47. The maximum absolute atomic E-state index is 13.6. The lowest BCUT2D eigenvalue weighted by Gasteiger charge is -2.42. The number of rotatable bonds is 10. The molecule has 19 heteroatoms. The van der Waals surface area contributed by atoms with Crippen LogP contribution in [0.1, 0.15) is 50.0 Å². The number of carbonyl (C=O) groups is 3. The number of piperidine rings is 1. The van der Waals surface area contributed by atoms with Crippen molar-refractivity contribution in [2.45, 2.75) is 56.5 Å².